The summed E-state index contributed by atoms with van der Waals surface area (Å²) < 4.78 is 1.42. The minimum atomic E-state index is 1.06. The van der Waals surface area contributed by atoms with Crippen LogP contribution in [0.25, 0.3) is 0 Å². The molecule has 2 aliphatic rings. The van der Waals surface area contributed by atoms with Crippen LogP contribution in [0.2, 0.25) is 0 Å². The fourth-order valence-corrected chi connectivity index (χ4v) is 2.57. The molecule has 1 aliphatic carbocycles. The molecular formula is C10H20N+. The van der Waals surface area contributed by atoms with Crippen LogP contribution in [0.5, 0.6) is 0 Å². The predicted octanol–water partition coefficient (Wildman–Crippen LogP) is 2.03. The molecule has 0 amide bonds. The highest BCUT2D eigenvalue weighted by molar-refractivity contribution is 4.84. The molecule has 1 nitrogen and oxygen atoms in total. The topological polar surface area (TPSA) is 0 Å². The second kappa shape index (κ2) is 2.48. The number of hydrogen-bond acceptors (Lipinski definition) is 0. The van der Waals surface area contributed by atoms with Crippen molar-refractivity contribution in [2.45, 2.75) is 38.6 Å². The van der Waals surface area contributed by atoms with E-state index >= 15 is 0 Å². The van der Waals surface area contributed by atoms with E-state index < -0.39 is 0 Å². The largest absolute Gasteiger partial charge is 0.314 e. The van der Waals surface area contributed by atoms with Crippen molar-refractivity contribution in [2.24, 2.45) is 5.92 Å². The molecule has 2 unspecified atom stereocenters. The van der Waals surface area contributed by atoms with Gasteiger partial charge in [-0.3, -0.25) is 0 Å². The van der Waals surface area contributed by atoms with Crippen LogP contribution >= 0.6 is 0 Å². The van der Waals surface area contributed by atoms with E-state index in [1.165, 1.54) is 43.3 Å². The summed E-state index contributed by atoms with van der Waals surface area (Å²) in [7, 11) is 2.44. The van der Waals surface area contributed by atoms with Crippen molar-refractivity contribution in [3.63, 3.8) is 0 Å². The Bertz CT molecular complexity index is 149. The fraction of sp³-hybridized carbons (Fsp3) is 1.00. The average molecular weight is 154 g/mol. The smallest absolute Gasteiger partial charge is 0.129 e. The molecule has 1 aliphatic heterocycles. The molecule has 0 spiro atoms. The van der Waals surface area contributed by atoms with Crippen LogP contribution in [-0.4, -0.2) is 30.7 Å². The van der Waals surface area contributed by atoms with E-state index in [0.29, 0.717) is 0 Å². The van der Waals surface area contributed by atoms with Gasteiger partial charge in [0, 0.05) is 12.3 Å². The van der Waals surface area contributed by atoms with Crippen molar-refractivity contribution < 1.29 is 4.48 Å². The Labute approximate surface area is 70.0 Å². The Morgan fingerprint density at radius 1 is 1.27 bits per heavy atom. The first-order chi connectivity index (χ1) is 5.26. The van der Waals surface area contributed by atoms with Crippen molar-refractivity contribution in [2.75, 3.05) is 20.1 Å². The lowest BCUT2D eigenvalue weighted by atomic mass is 9.76. The maximum atomic E-state index is 2.44. The van der Waals surface area contributed by atoms with E-state index in [1.54, 1.807) is 0 Å². The summed E-state index contributed by atoms with van der Waals surface area (Å²) in [4.78, 5) is 0. The molecule has 2 rings (SSSR count). The lowest BCUT2D eigenvalue weighted by molar-refractivity contribution is -0.819. The molecule has 0 N–H and O–H groups in total. The first kappa shape index (κ1) is 7.60. The summed E-state index contributed by atoms with van der Waals surface area (Å²) in [5.74, 6) is 1.09. The molecule has 2 fully saturated rings. The van der Waals surface area contributed by atoms with Crippen molar-refractivity contribution in [1.82, 2.24) is 0 Å². The fourth-order valence-electron chi connectivity index (χ4n) is 2.57. The van der Waals surface area contributed by atoms with Gasteiger partial charge in [0.05, 0.1) is 13.1 Å². The number of nitrogens with zero attached hydrogens (tertiary/aromatic N) is 1. The third-order valence-electron chi connectivity index (χ3n) is 3.77. The Balaban J connectivity index is 1.86. The number of hydrogen-bond donors (Lipinski definition) is 0. The van der Waals surface area contributed by atoms with Gasteiger partial charge >= 0.3 is 0 Å². The number of quaternary nitrogens is 1. The lowest BCUT2D eigenvalue weighted by Crippen LogP contribution is -2.47. The van der Waals surface area contributed by atoms with Gasteiger partial charge in [-0.1, -0.05) is 13.3 Å². The molecule has 1 saturated heterocycles. The normalized spacial score (nSPS) is 39.8. The van der Waals surface area contributed by atoms with Crippen LogP contribution in [0, 0.1) is 5.92 Å². The Hall–Kier alpha value is -0.0400. The molecule has 0 bridgehead atoms. The minimum Gasteiger partial charge on any atom is -0.314 e. The summed E-state index contributed by atoms with van der Waals surface area (Å²) in [5, 5.41) is 0. The summed E-state index contributed by atoms with van der Waals surface area (Å²) >= 11 is 0. The number of rotatable bonds is 3. The molecule has 64 valence electrons. The second-order valence-electron chi connectivity index (χ2n) is 4.62. The summed E-state index contributed by atoms with van der Waals surface area (Å²) in [6, 6.07) is 1.06. The van der Waals surface area contributed by atoms with E-state index in [9.17, 15) is 0 Å². The Kier molecular flexibility index (Phi) is 1.71. The van der Waals surface area contributed by atoms with Crippen LogP contribution in [0.4, 0.5) is 0 Å². The van der Waals surface area contributed by atoms with Crippen LogP contribution < -0.4 is 0 Å². The zero-order valence-corrected chi connectivity index (χ0v) is 7.84. The molecule has 11 heavy (non-hydrogen) atoms. The molecule has 0 aromatic rings. The molecule has 0 radical (unpaired) electrons. The first-order valence-electron chi connectivity index (χ1n) is 5.10. The predicted molar refractivity (Wildman–Crippen MR) is 47.3 cm³/mol. The van der Waals surface area contributed by atoms with Crippen molar-refractivity contribution in [1.29, 1.82) is 0 Å². The quantitative estimate of drug-likeness (QED) is 0.431. The summed E-state index contributed by atoms with van der Waals surface area (Å²) in [6.45, 7) is 5.24. The van der Waals surface area contributed by atoms with Crippen molar-refractivity contribution in [3.8, 4) is 0 Å². The van der Waals surface area contributed by atoms with Gasteiger partial charge in [-0.2, -0.15) is 0 Å². The van der Waals surface area contributed by atoms with Gasteiger partial charge < -0.3 is 4.48 Å². The first-order valence-corrected chi connectivity index (χ1v) is 5.10. The van der Waals surface area contributed by atoms with E-state index in [1.807, 2.05) is 0 Å². The lowest BCUT2D eigenvalue weighted by Gasteiger charge is -2.40. The zero-order chi connectivity index (χ0) is 7.90. The molecular weight excluding hydrogens is 134 g/mol. The molecule has 0 aromatic carbocycles. The summed E-state index contributed by atoms with van der Waals surface area (Å²) in [6.07, 6.45) is 5.91. The molecule has 2 atom stereocenters. The van der Waals surface area contributed by atoms with E-state index in [2.05, 4.69) is 14.0 Å². The van der Waals surface area contributed by atoms with Gasteiger partial charge in [-0.05, 0) is 12.8 Å². The highest BCUT2D eigenvalue weighted by atomic mass is 15.5. The van der Waals surface area contributed by atoms with E-state index in [0.717, 1.165) is 12.0 Å². The monoisotopic (exact) mass is 154 g/mol. The van der Waals surface area contributed by atoms with E-state index in [4.69, 9.17) is 0 Å². The van der Waals surface area contributed by atoms with Crippen LogP contribution in [0.1, 0.15) is 32.6 Å². The van der Waals surface area contributed by atoms with Gasteiger partial charge in [0.2, 0.25) is 0 Å². The maximum absolute atomic E-state index is 2.44. The summed E-state index contributed by atoms with van der Waals surface area (Å²) in [5.41, 5.74) is 0. The molecule has 0 aromatic heterocycles. The third-order valence-corrected chi connectivity index (χ3v) is 3.77. The average Bonchev–Trinajstić information content (AvgIpc) is 2.60. The van der Waals surface area contributed by atoms with Crippen LogP contribution in [-0.2, 0) is 0 Å². The maximum Gasteiger partial charge on any atom is 0.129 e. The molecule has 1 heterocycles. The number of likely N-dealkylation sites (N-methyl/N-ethyl adjacent to an activating group) is 1. The van der Waals surface area contributed by atoms with Crippen LogP contribution in [0.3, 0.4) is 0 Å². The van der Waals surface area contributed by atoms with Gasteiger partial charge in [-0.25, -0.2) is 0 Å². The van der Waals surface area contributed by atoms with Crippen molar-refractivity contribution >= 4 is 0 Å². The zero-order valence-electron chi connectivity index (χ0n) is 7.84. The van der Waals surface area contributed by atoms with Crippen molar-refractivity contribution in [3.05, 3.63) is 0 Å². The second-order valence-corrected chi connectivity index (χ2v) is 4.62. The van der Waals surface area contributed by atoms with Gasteiger partial charge in [0.1, 0.15) is 13.1 Å². The minimum absolute atomic E-state index is 1.06. The van der Waals surface area contributed by atoms with Gasteiger partial charge in [0.25, 0.3) is 0 Å². The SMILES string of the molecule is CCCC1CCC1[N+]1(C)CC1. The van der Waals surface area contributed by atoms with E-state index in [-0.39, 0.29) is 0 Å². The third kappa shape index (κ3) is 1.20. The highest BCUT2D eigenvalue weighted by Crippen LogP contribution is 2.42. The van der Waals surface area contributed by atoms with Gasteiger partial charge in [-0.15, -0.1) is 0 Å². The standard InChI is InChI=1S/C10H20N/c1-3-4-9-5-6-10(9)11(2)7-8-11/h9-10H,3-8H2,1-2H3/q+1. The van der Waals surface area contributed by atoms with Gasteiger partial charge in [0.15, 0.2) is 0 Å². The molecule has 1 saturated carbocycles. The Morgan fingerprint density at radius 2 is 2.00 bits per heavy atom. The van der Waals surface area contributed by atoms with Crippen LogP contribution in [0.15, 0.2) is 0 Å². The Morgan fingerprint density at radius 3 is 2.36 bits per heavy atom. The highest BCUT2D eigenvalue weighted by Gasteiger charge is 2.51. The molecule has 1 heteroatoms.